The Bertz CT molecular complexity index is 587. The number of hydrogen-bond acceptors (Lipinski definition) is 0. The molecule has 0 radical (unpaired) electrons. The van der Waals surface area contributed by atoms with Crippen molar-refractivity contribution >= 4 is 10.9 Å². The lowest BCUT2D eigenvalue weighted by Gasteiger charge is -2.29. The topological polar surface area (TPSA) is 15.8 Å². The zero-order chi connectivity index (χ0) is 12.2. The minimum absolute atomic E-state index is 0.311. The average Bonchev–Trinajstić information content (AvgIpc) is 2.65. The number of nitrogens with one attached hydrogen (secondary N) is 1. The molecule has 1 N–H and O–H groups in total. The van der Waals surface area contributed by atoms with Crippen LogP contribution >= 0.6 is 0 Å². The van der Waals surface area contributed by atoms with Gasteiger partial charge in [-0.3, -0.25) is 0 Å². The summed E-state index contributed by atoms with van der Waals surface area (Å²) < 4.78 is 0. The van der Waals surface area contributed by atoms with Gasteiger partial charge in [-0.1, -0.05) is 26.0 Å². The molecule has 2 aromatic rings. The molecule has 0 bridgehead atoms. The Hall–Kier alpha value is -1.24. The summed E-state index contributed by atoms with van der Waals surface area (Å²) in [5, 5.41) is 1.49. The number of benzene rings is 1. The van der Waals surface area contributed by atoms with Gasteiger partial charge < -0.3 is 4.98 Å². The molecule has 0 aliphatic heterocycles. The van der Waals surface area contributed by atoms with Crippen molar-refractivity contribution in [1.82, 2.24) is 4.98 Å². The van der Waals surface area contributed by atoms with Gasteiger partial charge in [0.05, 0.1) is 0 Å². The van der Waals surface area contributed by atoms with Crippen LogP contribution in [0.4, 0.5) is 0 Å². The molecule has 0 atom stereocenters. The summed E-state index contributed by atoms with van der Waals surface area (Å²) in [6.45, 7) is 9.17. The van der Waals surface area contributed by atoms with Crippen LogP contribution in [0.15, 0.2) is 12.1 Å². The molecule has 0 spiro atoms. The molecule has 0 fully saturated rings. The van der Waals surface area contributed by atoms with E-state index in [1.165, 1.54) is 47.0 Å². The highest BCUT2D eigenvalue weighted by Gasteiger charge is 2.31. The Morgan fingerprint density at radius 2 is 1.82 bits per heavy atom. The maximum atomic E-state index is 3.72. The third kappa shape index (κ3) is 1.45. The first-order valence-electron chi connectivity index (χ1n) is 6.62. The molecule has 3 rings (SSSR count). The zero-order valence-corrected chi connectivity index (χ0v) is 11.3. The van der Waals surface area contributed by atoms with Crippen LogP contribution in [-0.4, -0.2) is 4.98 Å². The molecule has 0 saturated heterocycles. The van der Waals surface area contributed by atoms with Gasteiger partial charge in [-0.15, -0.1) is 0 Å². The Balaban J connectivity index is 2.42. The first-order valence-corrected chi connectivity index (χ1v) is 6.62. The van der Waals surface area contributed by atoms with Crippen molar-refractivity contribution in [1.29, 1.82) is 0 Å². The number of rotatable bonds is 0. The van der Waals surface area contributed by atoms with Gasteiger partial charge in [-0.05, 0) is 49.8 Å². The fraction of sp³-hybridized carbons (Fsp3) is 0.500. The molecule has 1 aliphatic rings. The lowest BCUT2D eigenvalue weighted by Crippen LogP contribution is -2.23. The fourth-order valence-corrected chi connectivity index (χ4v) is 3.35. The van der Waals surface area contributed by atoms with E-state index >= 15 is 0 Å². The van der Waals surface area contributed by atoms with Crippen LogP contribution in [0, 0.1) is 13.8 Å². The molecule has 0 amide bonds. The fourth-order valence-electron chi connectivity index (χ4n) is 3.35. The predicted molar refractivity (Wildman–Crippen MR) is 73.7 cm³/mol. The number of aromatic nitrogens is 1. The van der Waals surface area contributed by atoms with Crippen LogP contribution in [-0.2, 0) is 11.8 Å². The standard InChI is InChI=1S/C16H21N/c1-10-7-8-11(2)14-13(10)12-6-5-9-16(3,4)15(12)17-14/h7-8,17H,5-6,9H2,1-4H3. The molecule has 17 heavy (non-hydrogen) atoms. The number of aryl methyl sites for hydroxylation is 3. The van der Waals surface area contributed by atoms with Gasteiger partial charge in [-0.25, -0.2) is 0 Å². The second-order valence-corrected chi connectivity index (χ2v) is 6.17. The Morgan fingerprint density at radius 1 is 1.12 bits per heavy atom. The van der Waals surface area contributed by atoms with Crippen molar-refractivity contribution in [2.24, 2.45) is 0 Å². The van der Waals surface area contributed by atoms with Crippen molar-refractivity contribution < 1.29 is 0 Å². The van der Waals surface area contributed by atoms with Gasteiger partial charge in [0.1, 0.15) is 0 Å². The second kappa shape index (κ2) is 3.38. The number of H-pyrrole nitrogens is 1. The van der Waals surface area contributed by atoms with Crippen molar-refractivity contribution in [3.05, 3.63) is 34.5 Å². The van der Waals surface area contributed by atoms with E-state index < -0.39 is 0 Å². The Labute approximate surface area is 103 Å². The van der Waals surface area contributed by atoms with Gasteiger partial charge in [-0.2, -0.15) is 0 Å². The maximum Gasteiger partial charge on any atom is 0.0491 e. The summed E-state index contributed by atoms with van der Waals surface area (Å²) in [4.78, 5) is 3.72. The monoisotopic (exact) mass is 227 g/mol. The SMILES string of the molecule is Cc1ccc(C)c2c3c([nH]c12)C(C)(C)CCC3. The number of fused-ring (bicyclic) bond motifs is 3. The van der Waals surface area contributed by atoms with Crippen LogP contribution < -0.4 is 0 Å². The van der Waals surface area contributed by atoms with Gasteiger partial charge in [0.15, 0.2) is 0 Å². The van der Waals surface area contributed by atoms with Crippen LogP contribution in [0.2, 0.25) is 0 Å². The Kier molecular flexibility index (Phi) is 2.16. The summed E-state index contributed by atoms with van der Waals surface area (Å²) in [5.41, 5.74) is 7.53. The summed E-state index contributed by atoms with van der Waals surface area (Å²) in [6.07, 6.45) is 3.86. The largest absolute Gasteiger partial charge is 0.357 e. The maximum absolute atomic E-state index is 3.72. The predicted octanol–water partition coefficient (Wildman–Crippen LogP) is 4.40. The van der Waals surface area contributed by atoms with E-state index in [0.29, 0.717) is 5.41 Å². The van der Waals surface area contributed by atoms with Crippen molar-refractivity contribution in [2.45, 2.75) is 52.4 Å². The van der Waals surface area contributed by atoms with Crippen molar-refractivity contribution in [3.63, 3.8) is 0 Å². The molecule has 1 nitrogen and oxygen atoms in total. The van der Waals surface area contributed by atoms with E-state index in [1.54, 1.807) is 5.56 Å². The second-order valence-electron chi connectivity index (χ2n) is 6.17. The highest BCUT2D eigenvalue weighted by molar-refractivity contribution is 5.90. The zero-order valence-electron chi connectivity index (χ0n) is 11.3. The minimum Gasteiger partial charge on any atom is -0.357 e. The molecule has 1 heteroatoms. The summed E-state index contributed by atoms with van der Waals surface area (Å²) in [6, 6.07) is 4.49. The van der Waals surface area contributed by atoms with Crippen molar-refractivity contribution in [3.8, 4) is 0 Å². The first kappa shape index (κ1) is 10.9. The minimum atomic E-state index is 0.311. The van der Waals surface area contributed by atoms with E-state index in [9.17, 15) is 0 Å². The quantitative estimate of drug-likeness (QED) is 0.686. The van der Waals surface area contributed by atoms with Gasteiger partial charge in [0, 0.05) is 22.0 Å². The van der Waals surface area contributed by atoms with Gasteiger partial charge >= 0.3 is 0 Å². The van der Waals surface area contributed by atoms with Crippen LogP contribution in [0.25, 0.3) is 10.9 Å². The molecule has 1 aliphatic carbocycles. The summed E-state index contributed by atoms with van der Waals surface area (Å²) >= 11 is 0. The van der Waals surface area contributed by atoms with Gasteiger partial charge in [0.25, 0.3) is 0 Å². The van der Waals surface area contributed by atoms with Crippen molar-refractivity contribution in [2.75, 3.05) is 0 Å². The first-order chi connectivity index (χ1) is 8.00. The number of hydrogen-bond donors (Lipinski definition) is 1. The molecule has 90 valence electrons. The van der Waals surface area contributed by atoms with Crippen LogP contribution in [0.5, 0.6) is 0 Å². The number of aromatic amines is 1. The highest BCUT2D eigenvalue weighted by Crippen LogP contribution is 2.41. The molecule has 1 aromatic carbocycles. The lowest BCUT2D eigenvalue weighted by atomic mass is 9.76. The third-order valence-electron chi connectivity index (χ3n) is 4.38. The molecule has 1 heterocycles. The lowest BCUT2D eigenvalue weighted by molar-refractivity contribution is 0.423. The summed E-state index contributed by atoms with van der Waals surface area (Å²) in [7, 11) is 0. The molecule has 0 unspecified atom stereocenters. The third-order valence-corrected chi connectivity index (χ3v) is 4.38. The van der Waals surface area contributed by atoms with Gasteiger partial charge in [0.2, 0.25) is 0 Å². The normalized spacial score (nSPS) is 18.4. The molecule has 0 saturated carbocycles. The highest BCUT2D eigenvalue weighted by atomic mass is 14.8. The van der Waals surface area contributed by atoms with E-state index in [2.05, 4.69) is 44.8 Å². The molecular weight excluding hydrogens is 206 g/mol. The van der Waals surface area contributed by atoms with Crippen LogP contribution in [0.3, 0.4) is 0 Å². The average molecular weight is 227 g/mol. The van der Waals surface area contributed by atoms with E-state index in [4.69, 9.17) is 0 Å². The van der Waals surface area contributed by atoms with E-state index in [1.807, 2.05) is 0 Å². The van der Waals surface area contributed by atoms with E-state index in [-0.39, 0.29) is 0 Å². The molecular formula is C16H21N. The summed E-state index contributed by atoms with van der Waals surface area (Å²) in [5.74, 6) is 0. The van der Waals surface area contributed by atoms with E-state index in [0.717, 1.165) is 0 Å². The Morgan fingerprint density at radius 3 is 2.59 bits per heavy atom. The smallest absolute Gasteiger partial charge is 0.0491 e. The molecule has 1 aromatic heterocycles. The van der Waals surface area contributed by atoms with Crippen LogP contribution in [0.1, 0.15) is 49.1 Å².